The predicted octanol–water partition coefficient (Wildman–Crippen LogP) is 4.49. The molecule has 0 radical (unpaired) electrons. The molecule has 2 unspecified atom stereocenters. The van der Waals surface area contributed by atoms with Crippen LogP contribution < -0.4 is 10.1 Å². The van der Waals surface area contributed by atoms with Crippen LogP contribution in [0.25, 0.3) is 0 Å². The van der Waals surface area contributed by atoms with Gasteiger partial charge in [-0.05, 0) is 50.3 Å². The molecule has 1 fully saturated rings. The summed E-state index contributed by atoms with van der Waals surface area (Å²) in [7, 11) is 0. The number of rotatable bonds is 14. The van der Waals surface area contributed by atoms with Crippen molar-refractivity contribution in [1.29, 1.82) is 0 Å². The van der Waals surface area contributed by atoms with E-state index in [1.807, 2.05) is 36.1 Å². The summed E-state index contributed by atoms with van der Waals surface area (Å²) in [4.78, 5) is 25.8. The Labute approximate surface area is 192 Å². The van der Waals surface area contributed by atoms with E-state index in [0.717, 1.165) is 30.9 Å². The molecule has 0 bridgehead atoms. The van der Waals surface area contributed by atoms with Crippen molar-refractivity contribution in [2.24, 2.45) is 5.92 Å². The fourth-order valence-corrected chi connectivity index (χ4v) is 3.98. The maximum absolute atomic E-state index is 12.7. The van der Waals surface area contributed by atoms with Crippen LogP contribution in [0.5, 0.6) is 5.75 Å². The van der Waals surface area contributed by atoms with E-state index >= 15 is 0 Å². The van der Waals surface area contributed by atoms with E-state index in [4.69, 9.17) is 9.47 Å². The van der Waals surface area contributed by atoms with Gasteiger partial charge < -0.3 is 24.8 Å². The molecule has 0 heterocycles. The van der Waals surface area contributed by atoms with Crippen LogP contribution in [0.2, 0.25) is 0 Å². The zero-order valence-corrected chi connectivity index (χ0v) is 19.8. The summed E-state index contributed by atoms with van der Waals surface area (Å²) in [6.45, 7) is 7.92. The topological polar surface area (TPSA) is 88.1 Å². The number of carbonyl (C=O) groups is 2. The van der Waals surface area contributed by atoms with Crippen LogP contribution in [0.1, 0.15) is 64.9 Å². The van der Waals surface area contributed by atoms with Gasteiger partial charge in [-0.1, -0.05) is 44.7 Å². The lowest BCUT2D eigenvalue weighted by molar-refractivity contribution is -0.149. The van der Waals surface area contributed by atoms with Crippen LogP contribution in [-0.2, 0) is 16.0 Å². The number of carboxylic acid groups (broad SMARTS) is 1. The molecule has 1 aliphatic carbocycles. The number of ether oxygens (including phenoxy) is 2. The Bertz CT molecular complexity index is 688. The highest BCUT2D eigenvalue weighted by atomic mass is 16.5. The summed E-state index contributed by atoms with van der Waals surface area (Å²) in [6, 6.07) is 7.52. The minimum Gasteiger partial charge on any atom is -0.492 e. The number of benzene rings is 1. The summed E-state index contributed by atoms with van der Waals surface area (Å²) >= 11 is 0. The molecular formula is C25H40N2O5. The molecule has 180 valence electrons. The molecule has 7 heteroatoms. The molecule has 2 rings (SSSR count). The Morgan fingerprint density at radius 3 is 2.44 bits per heavy atom. The Hall–Kier alpha value is -2.28. The average molecular weight is 449 g/mol. The lowest BCUT2D eigenvalue weighted by Gasteiger charge is -2.26. The number of carboxylic acids is 1. The molecule has 0 aliphatic heterocycles. The standard InChI is InChI=1S/C25H40N2O5/c1-4-19(3)26-25(30)27(15-14-20-8-6-7-9-20)16-17-32-22-12-10-21(11-13-22)18-23(24(28)29)31-5-2/h10-13,19-20,23H,4-9,14-18H2,1-3H3,(H,26,30)(H,28,29). The van der Waals surface area contributed by atoms with E-state index < -0.39 is 12.1 Å². The smallest absolute Gasteiger partial charge is 0.333 e. The van der Waals surface area contributed by atoms with Crippen molar-refractivity contribution in [1.82, 2.24) is 10.2 Å². The lowest BCUT2D eigenvalue weighted by atomic mass is 10.0. The first-order valence-electron chi connectivity index (χ1n) is 12.0. The summed E-state index contributed by atoms with van der Waals surface area (Å²) in [6.07, 6.45) is 6.58. The summed E-state index contributed by atoms with van der Waals surface area (Å²) in [5, 5.41) is 12.3. The number of carbonyl (C=O) groups excluding carboxylic acids is 1. The average Bonchev–Trinajstić information content (AvgIpc) is 3.30. The molecule has 7 nitrogen and oxygen atoms in total. The largest absolute Gasteiger partial charge is 0.492 e. The van der Waals surface area contributed by atoms with Crippen molar-refractivity contribution in [3.8, 4) is 5.75 Å². The van der Waals surface area contributed by atoms with Gasteiger partial charge in [0.25, 0.3) is 0 Å². The minimum absolute atomic E-state index is 0.0214. The van der Waals surface area contributed by atoms with Crippen LogP contribution in [0, 0.1) is 5.92 Å². The molecule has 2 amide bonds. The van der Waals surface area contributed by atoms with Gasteiger partial charge in [-0.15, -0.1) is 0 Å². The van der Waals surface area contributed by atoms with E-state index in [1.165, 1.54) is 25.7 Å². The van der Waals surface area contributed by atoms with E-state index in [1.54, 1.807) is 6.92 Å². The fourth-order valence-electron chi connectivity index (χ4n) is 3.98. The number of aliphatic carboxylic acids is 1. The number of hydrogen-bond acceptors (Lipinski definition) is 4. The maximum Gasteiger partial charge on any atom is 0.333 e. The van der Waals surface area contributed by atoms with Crippen LogP contribution >= 0.6 is 0 Å². The number of urea groups is 1. The highest BCUT2D eigenvalue weighted by molar-refractivity contribution is 5.74. The molecule has 32 heavy (non-hydrogen) atoms. The van der Waals surface area contributed by atoms with E-state index in [-0.39, 0.29) is 12.1 Å². The Morgan fingerprint density at radius 2 is 1.84 bits per heavy atom. The second-order valence-electron chi connectivity index (χ2n) is 8.66. The molecule has 2 atom stereocenters. The van der Waals surface area contributed by atoms with Gasteiger partial charge in [0.15, 0.2) is 6.10 Å². The monoisotopic (exact) mass is 448 g/mol. The molecule has 0 spiro atoms. The maximum atomic E-state index is 12.7. The van der Waals surface area contributed by atoms with E-state index in [9.17, 15) is 14.7 Å². The van der Waals surface area contributed by atoms with Gasteiger partial charge in [0.05, 0.1) is 6.54 Å². The first kappa shape index (κ1) is 26.0. The summed E-state index contributed by atoms with van der Waals surface area (Å²) in [5.74, 6) is 0.476. The van der Waals surface area contributed by atoms with Gasteiger partial charge >= 0.3 is 12.0 Å². The minimum atomic E-state index is -0.958. The molecule has 1 aromatic rings. The molecule has 0 aromatic heterocycles. The van der Waals surface area contributed by atoms with Crippen LogP contribution in [0.15, 0.2) is 24.3 Å². The third-order valence-corrected chi connectivity index (χ3v) is 6.17. The van der Waals surface area contributed by atoms with Crippen molar-refractivity contribution in [3.63, 3.8) is 0 Å². The van der Waals surface area contributed by atoms with E-state index in [2.05, 4.69) is 12.2 Å². The van der Waals surface area contributed by atoms with Gasteiger partial charge in [-0.2, -0.15) is 0 Å². The molecule has 1 aliphatic rings. The highest BCUT2D eigenvalue weighted by Crippen LogP contribution is 2.27. The molecule has 2 N–H and O–H groups in total. The fraction of sp³-hybridized carbons (Fsp3) is 0.680. The van der Waals surface area contributed by atoms with E-state index in [0.29, 0.717) is 31.9 Å². The second kappa shape index (κ2) is 14.0. The van der Waals surface area contributed by atoms with Gasteiger partial charge in [-0.3, -0.25) is 0 Å². The number of nitrogens with one attached hydrogen (secondary N) is 1. The van der Waals surface area contributed by atoms with Crippen molar-refractivity contribution >= 4 is 12.0 Å². The SMILES string of the molecule is CCOC(Cc1ccc(OCCN(CCC2CCCC2)C(=O)NC(C)CC)cc1)C(=O)O. The van der Waals surface area contributed by atoms with Crippen LogP contribution in [0.3, 0.4) is 0 Å². The first-order chi connectivity index (χ1) is 15.4. The van der Waals surface area contributed by atoms with Crippen molar-refractivity contribution in [3.05, 3.63) is 29.8 Å². The normalized spacial score (nSPS) is 15.8. The van der Waals surface area contributed by atoms with Crippen molar-refractivity contribution in [2.75, 3.05) is 26.3 Å². The quantitative estimate of drug-likeness (QED) is 0.438. The lowest BCUT2D eigenvalue weighted by Crippen LogP contribution is -2.46. The molecule has 1 aromatic carbocycles. The third kappa shape index (κ3) is 9.07. The van der Waals surface area contributed by atoms with Gasteiger partial charge in [0.1, 0.15) is 12.4 Å². The summed E-state index contributed by atoms with van der Waals surface area (Å²) < 4.78 is 11.1. The van der Waals surface area contributed by atoms with Gasteiger partial charge in [-0.25, -0.2) is 9.59 Å². The summed E-state index contributed by atoms with van der Waals surface area (Å²) in [5.41, 5.74) is 0.879. The molecule has 1 saturated carbocycles. The van der Waals surface area contributed by atoms with Crippen LogP contribution in [0.4, 0.5) is 4.79 Å². The second-order valence-corrected chi connectivity index (χ2v) is 8.66. The molecule has 0 saturated heterocycles. The zero-order valence-electron chi connectivity index (χ0n) is 19.8. The Balaban J connectivity index is 1.85. The van der Waals surface area contributed by atoms with Crippen molar-refractivity contribution in [2.45, 2.75) is 77.9 Å². The first-order valence-corrected chi connectivity index (χ1v) is 12.0. The zero-order chi connectivity index (χ0) is 23.3. The Kier molecular flexibility index (Phi) is 11.4. The molecular weight excluding hydrogens is 408 g/mol. The van der Waals surface area contributed by atoms with Gasteiger partial charge in [0, 0.05) is 25.6 Å². The van der Waals surface area contributed by atoms with Crippen molar-refractivity contribution < 1.29 is 24.2 Å². The number of hydrogen-bond donors (Lipinski definition) is 2. The van der Waals surface area contributed by atoms with Gasteiger partial charge in [0.2, 0.25) is 0 Å². The number of nitrogens with zero attached hydrogens (tertiary/aromatic N) is 1. The number of amides is 2. The third-order valence-electron chi connectivity index (χ3n) is 6.17. The highest BCUT2D eigenvalue weighted by Gasteiger charge is 2.20. The predicted molar refractivity (Wildman–Crippen MR) is 125 cm³/mol. The Morgan fingerprint density at radius 1 is 1.16 bits per heavy atom. The van der Waals surface area contributed by atoms with Crippen LogP contribution in [-0.4, -0.2) is 60.5 Å².